The van der Waals surface area contributed by atoms with E-state index in [1.807, 2.05) is 68.4 Å². The molecule has 2 heterocycles. The molecule has 0 saturated carbocycles. The number of aromatic nitrogens is 1. The summed E-state index contributed by atoms with van der Waals surface area (Å²) in [4.78, 5) is 33.1. The van der Waals surface area contributed by atoms with Gasteiger partial charge in [0.05, 0.1) is 16.5 Å². The van der Waals surface area contributed by atoms with Crippen LogP contribution in [-0.4, -0.2) is 34.8 Å². The Balaban J connectivity index is 1.42. The molecular formula is C24H25N3O2S. The fourth-order valence-electron chi connectivity index (χ4n) is 3.77. The summed E-state index contributed by atoms with van der Waals surface area (Å²) in [7, 11) is 0. The predicted octanol–water partition coefficient (Wildman–Crippen LogP) is 4.92. The molecule has 1 unspecified atom stereocenters. The zero-order chi connectivity index (χ0) is 21.1. The molecule has 1 fully saturated rings. The molecule has 4 rings (SSSR count). The smallest absolute Gasteiger partial charge is 0.253 e. The minimum absolute atomic E-state index is 0.0102. The molecule has 154 valence electrons. The van der Waals surface area contributed by atoms with E-state index in [4.69, 9.17) is 0 Å². The van der Waals surface area contributed by atoms with E-state index in [9.17, 15) is 9.59 Å². The van der Waals surface area contributed by atoms with E-state index in [2.05, 4.69) is 10.3 Å². The number of carbonyl (C=O) groups excluding carboxylic acids is 2. The maximum atomic E-state index is 12.9. The van der Waals surface area contributed by atoms with Gasteiger partial charge in [0, 0.05) is 18.7 Å². The molecule has 1 aromatic heterocycles. The summed E-state index contributed by atoms with van der Waals surface area (Å²) < 4.78 is 0. The summed E-state index contributed by atoms with van der Waals surface area (Å²) in [6.45, 7) is 5.08. The SMILES string of the molecule is Cc1ccc(C(=O)N2CCCC(C(=O)Nc3nc(C)c(-c4ccccc4)s3)C2)cc1. The average molecular weight is 420 g/mol. The van der Waals surface area contributed by atoms with Gasteiger partial charge in [0.1, 0.15) is 0 Å². The van der Waals surface area contributed by atoms with Gasteiger partial charge in [-0.2, -0.15) is 0 Å². The Morgan fingerprint density at radius 3 is 2.53 bits per heavy atom. The first kappa shape index (κ1) is 20.3. The van der Waals surface area contributed by atoms with Crippen LogP contribution in [0.2, 0.25) is 0 Å². The zero-order valence-electron chi connectivity index (χ0n) is 17.2. The van der Waals surface area contributed by atoms with E-state index >= 15 is 0 Å². The number of likely N-dealkylation sites (tertiary alicyclic amines) is 1. The first-order chi connectivity index (χ1) is 14.5. The summed E-state index contributed by atoms with van der Waals surface area (Å²) in [6.07, 6.45) is 1.60. The van der Waals surface area contributed by atoms with Crippen molar-refractivity contribution in [3.05, 3.63) is 71.4 Å². The molecule has 2 amide bonds. The van der Waals surface area contributed by atoms with Gasteiger partial charge in [-0.05, 0) is 44.4 Å². The van der Waals surface area contributed by atoms with Crippen molar-refractivity contribution in [3.63, 3.8) is 0 Å². The molecule has 0 bridgehead atoms. The number of benzene rings is 2. The third kappa shape index (κ3) is 4.44. The topological polar surface area (TPSA) is 62.3 Å². The van der Waals surface area contributed by atoms with Crippen molar-refractivity contribution in [2.24, 2.45) is 5.92 Å². The van der Waals surface area contributed by atoms with Crippen LogP contribution in [0.4, 0.5) is 5.13 Å². The molecule has 3 aromatic rings. The Morgan fingerprint density at radius 1 is 1.07 bits per heavy atom. The number of thiazole rings is 1. The van der Waals surface area contributed by atoms with Crippen LogP contribution in [0.25, 0.3) is 10.4 Å². The largest absolute Gasteiger partial charge is 0.338 e. The lowest BCUT2D eigenvalue weighted by molar-refractivity contribution is -0.121. The van der Waals surface area contributed by atoms with E-state index in [0.29, 0.717) is 23.8 Å². The van der Waals surface area contributed by atoms with Crippen LogP contribution in [-0.2, 0) is 4.79 Å². The first-order valence-electron chi connectivity index (χ1n) is 10.2. The number of carbonyl (C=O) groups is 2. The molecule has 1 aliphatic rings. The molecule has 1 N–H and O–H groups in total. The van der Waals surface area contributed by atoms with Crippen molar-refractivity contribution in [3.8, 4) is 10.4 Å². The van der Waals surface area contributed by atoms with Crippen LogP contribution in [0, 0.1) is 19.8 Å². The highest BCUT2D eigenvalue weighted by molar-refractivity contribution is 7.19. The van der Waals surface area contributed by atoms with Gasteiger partial charge in [0.15, 0.2) is 5.13 Å². The highest BCUT2D eigenvalue weighted by Crippen LogP contribution is 2.33. The molecular weight excluding hydrogens is 394 g/mol. The third-order valence-corrected chi connectivity index (χ3v) is 6.56. The third-order valence-electron chi connectivity index (χ3n) is 5.44. The Morgan fingerprint density at radius 2 is 1.80 bits per heavy atom. The number of hydrogen-bond donors (Lipinski definition) is 1. The Hall–Kier alpha value is -2.99. The normalized spacial score (nSPS) is 16.3. The van der Waals surface area contributed by atoms with Gasteiger partial charge >= 0.3 is 0 Å². The maximum absolute atomic E-state index is 12.9. The van der Waals surface area contributed by atoms with E-state index in [-0.39, 0.29) is 17.7 Å². The van der Waals surface area contributed by atoms with Gasteiger partial charge in [0.2, 0.25) is 5.91 Å². The highest BCUT2D eigenvalue weighted by atomic mass is 32.1. The van der Waals surface area contributed by atoms with Crippen LogP contribution in [0.5, 0.6) is 0 Å². The fraction of sp³-hybridized carbons (Fsp3) is 0.292. The van der Waals surface area contributed by atoms with Crippen LogP contribution in [0.1, 0.15) is 34.5 Å². The van der Waals surface area contributed by atoms with Crippen molar-refractivity contribution in [1.29, 1.82) is 0 Å². The molecule has 0 spiro atoms. The Labute approximate surface area is 180 Å². The number of hydrogen-bond acceptors (Lipinski definition) is 4. The van der Waals surface area contributed by atoms with Gasteiger partial charge < -0.3 is 10.2 Å². The van der Waals surface area contributed by atoms with Crippen molar-refractivity contribution in [2.45, 2.75) is 26.7 Å². The monoisotopic (exact) mass is 419 g/mol. The standard InChI is InChI=1S/C24H25N3O2S/c1-16-10-12-19(13-11-16)23(29)27-14-6-9-20(15-27)22(28)26-24-25-17(2)21(30-24)18-7-4-3-5-8-18/h3-5,7-8,10-13,20H,6,9,14-15H2,1-2H3,(H,25,26,28). The van der Waals surface area contributed by atoms with Crippen molar-refractivity contribution >= 4 is 28.3 Å². The van der Waals surface area contributed by atoms with Gasteiger partial charge in [0.25, 0.3) is 5.91 Å². The summed E-state index contributed by atoms with van der Waals surface area (Å²) in [5.41, 5.74) is 3.79. The van der Waals surface area contributed by atoms with E-state index in [1.165, 1.54) is 11.3 Å². The fourth-order valence-corrected chi connectivity index (χ4v) is 4.74. The molecule has 1 aliphatic heterocycles. The highest BCUT2D eigenvalue weighted by Gasteiger charge is 2.29. The molecule has 1 saturated heterocycles. The number of nitrogens with one attached hydrogen (secondary N) is 1. The number of amides is 2. The van der Waals surface area contributed by atoms with E-state index < -0.39 is 0 Å². The lowest BCUT2D eigenvalue weighted by Crippen LogP contribution is -2.43. The number of aryl methyl sites for hydroxylation is 2. The molecule has 30 heavy (non-hydrogen) atoms. The minimum Gasteiger partial charge on any atom is -0.338 e. The van der Waals surface area contributed by atoms with Crippen molar-refractivity contribution < 1.29 is 9.59 Å². The number of anilines is 1. The summed E-state index contributed by atoms with van der Waals surface area (Å²) in [5.74, 6) is -0.300. The van der Waals surface area contributed by atoms with Crippen LogP contribution in [0.3, 0.4) is 0 Å². The molecule has 2 aromatic carbocycles. The van der Waals surface area contributed by atoms with Crippen LogP contribution in [0.15, 0.2) is 54.6 Å². The summed E-state index contributed by atoms with van der Waals surface area (Å²) in [6, 6.07) is 17.6. The second kappa shape index (κ2) is 8.79. The average Bonchev–Trinajstić information content (AvgIpc) is 3.14. The number of nitrogens with zero attached hydrogens (tertiary/aromatic N) is 2. The Bertz CT molecular complexity index is 1040. The Kier molecular flexibility index (Phi) is 5.95. The van der Waals surface area contributed by atoms with Crippen molar-refractivity contribution in [2.75, 3.05) is 18.4 Å². The van der Waals surface area contributed by atoms with Gasteiger partial charge in [-0.25, -0.2) is 4.98 Å². The zero-order valence-corrected chi connectivity index (χ0v) is 18.0. The number of piperidine rings is 1. The summed E-state index contributed by atoms with van der Waals surface area (Å²) >= 11 is 1.49. The first-order valence-corrected chi connectivity index (χ1v) is 11.0. The number of rotatable bonds is 4. The lowest BCUT2D eigenvalue weighted by atomic mass is 9.96. The minimum atomic E-state index is -0.225. The van der Waals surface area contributed by atoms with Gasteiger partial charge in [-0.15, -0.1) is 0 Å². The van der Waals surface area contributed by atoms with Gasteiger partial charge in [-0.3, -0.25) is 9.59 Å². The maximum Gasteiger partial charge on any atom is 0.253 e. The van der Waals surface area contributed by atoms with Gasteiger partial charge in [-0.1, -0.05) is 59.4 Å². The summed E-state index contributed by atoms with van der Waals surface area (Å²) in [5, 5.41) is 3.59. The van der Waals surface area contributed by atoms with Crippen LogP contribution >= 0.6 is 11.3 Å². The second-order valence-corrected chi connectivity index (χ2v) is 8.74. The van der Waals surface area contributed by atoms with Crippen LogP contribution < -0.4 is 5.32 Å². The molecule has 5 nitrogen and oxygen atoms in total. The predicted molar refractivity (Wildman–Crippen MR) is 121 cm³/mol. The molecule has 1 atom stereocenters. The molecule has 0 aliphatic carbocycles. The quantitative estimate of drug-likeness (QED) is 0.653. The van der Waals surface area contributed by atoms with Crippen molar-refractivity contribution in [1.82, 2.24) is 9.88 Å². The van der Waals surface area contributed by atoms with E-state index in [0.717, 1.165) is 34.5 Å². The van der Waals surface area contributed by atoms with E-state index in [1.54, 1.807) is 4.90 Å². The molecule has 6 heteroatoms. The second-order valence-electron chi connectivity index (χ2n) is 7.75. The lowest BCUT2D eigenvalue weighted by Gasteiger charge is -2.32. The molecule has 0 radical (unpaired) electrons.